The van der Waals surface area contributed by atoms with Gasteiger partial charge in [-0.15, -0.1) is 0 Å². The summed E-state index contributed by atoms with van der Waals surface area (Å²) in [6.07, 6.45) is 11.1. The van der Waals surface area contributed by atoms with Crippen LogP contribution >= 0.6 is 0 Å². The van der Waals surface area contributed by atoms with Gasteiger partial charge in [-0.2, -0.15) is 0 Å². The molecule has 2 N–H and O–H groups in total. The van der Waals surface area contributed by atoms with Crippen molar-refractivity contribution in [3.8, 4) is 5.75 Å². The number of carbonyl (C=O) groups is 1. The average molecular weight is 479 g/mol. The van der Waals surface area contributed by atoms with Gasteiger partial charge in [0.15, 0.2) is 0 Å². The highest BCUT2D eigenvalue weighted by Crippen LogP contribution is 2.33. The third kappa shape index (κ3) is 6.52. The molecule has 0 aliphatic carbocycles. The van der Waals surface area contributed by atoms with E-state index >= 15 is 0 Å². The molecule has 1 fully saturated rings. The van der Waals surface area contributed by atoms with Gasteiger partial charge in [0.05, 0.1) is 30.3 Å². The third-order valence-corrected chi connectivity index (χ3v) is 7.08. The van der Waals surface area contributed by atoms with Gasteiger partial charge in [0.2, 0.25) is 0 Å². The van der Waals surface area contributed by atoms with Gasteiger partial charge in [0.1, 0.15) is 5.75 Å². The Labute approximate surface area is 206 Å². The number of carboxylic acid groups (broad SMARTS) is 1. The molecular weight excluding hydrogens is 444 g/mol. The summed E-state index contributed by atoms with van der Waals surface area (Å²) in [6.45, 7) is 2.35. The number of aliphatic carboxylic acids is 1. The monoisotopic (exact) mass is 478 g/mol. The first-order chi connectivity index (χ1) is 17.0. The molecule has 0 amide bonds. The molecule has 1 aliphatic heterocycles. The standard InChI is InChI=1S/C27H34N4O4/c1-35-21-6-7-25-23(16-21)22(9-11-30-25)26(32)8-5-19-10-15-31(18-24(19)27(33)34)14-3-2-4-20-17-28-12-13-29-20/h6-7,9,11-13,16-17,19,24,26,32H,2-5,8,10,14-15,18H2,1H3,(H,33,34)/t19-,24+,26+/m1/s1. The number of aliphatic hydroxyl groups is 1. The zero-order valence-electron chi connectivity index (χ0n) is 20.2. The number of aryl methyl sites for hydroxylation is 1. The minimum atomic E-state index is -0.743. The van der Waals surface area contributed by atoms with Crippen LogP contribution in [0.4, 0.5) is 0 Å². The van der Waals surface area contributed by atoms with Gasteiger partial charge in [0, 0.05) is 36.7 Å². The number of unbranched alkanes of at least 4 members (excludes halogenated alkanes) is 1. The van der Waals surface area contributed by atoms with E-state index in [-0.39, 0.29) is 5.92 Å². The molecule has 8 heteroatoms. The number of piperidine rings is 1. The Morgan fingerprint density at radius 3 is 2.86 bits per heavy atom. The smallest absolute Gasteiger partial charge is 0.308 e. The molecule has 3 aromatic rings. The number of methoxy groups -OCH3 is 1. The van der Waals surface area contributed by atoms with Crippen molar-refractivity contribution < 1.29 is 19.7 Å². The van der Waals surface area contributed by atoms with E-state index in [2.05, 4.69) is 19.9 Å². The Hall–Kier alpha value is -3.10. The molecule has 35 heavy (non-hydrogen) atoms. The maximum absolute atomic E-state index is 12.1. The van der Waals surface area contributed by atoms with Gasteiger partial charge in [-0.25, -0.2) is 0 Å². The van der Waals surface area contributed by atoms with E-state index in [1.54, 1.807) is 31.9 Å². The number of benzene rings is 1. The number of hydrogen-bond donors (Lipinski definition) is 2. The van der Waals surface area contributed by atoms with Crippen LogP contribution in [0.15, 0.2) is 49.1 Å². The normalized spacial score (nSPS) is 19.5. The summed E-state index contributed by atoms with van der Waals surface area (Å²) in [5.41, 5.74) is 2.60. The number of aromatic nitrogens is 3. The van der Waals surface area contributed by atoms with Crippen molar-refractivity contribution in [3.63, 3.8) is 0 Å². The molecule has 2 aromatic heterocycles. The Kier molecular flexibility index (Phi) is 8.60. The molecule has 0 radical (unpaired) electrons. The highest BCUT2D eigenvalue weighted by molar-refractivity contribution is 5.83. The number of rotatable bonds is 11. The fourth-order valence-electron chi connectivity index (χ4n) is 5.09. The number of ether oxygens (including phenoxy) is 1. The zero-order chi connectivity index (χ0) is 24.6. The predicted molar refractivity (Wildman–Crippen MR) is 133 cm³/mol. The fourth-order valence-corrected chi connectivity index (χ4v) is 5.09. The lowest BCUT2D eigenvalue weighted by Gasteiger charge is -2.37. The Morgan fingerprint density at radius 2 is 2.09 bits per heavy atom. The van der Waals surface area contributed by atoms with Crippen molar-refractivity contribution in [3.05, 3.63) is 60.3 Å². The summed E-state index contributed by atoms with van der Waals surface area (Å²) in [4.78, 5) is 27.1. The second-order valence-electron chi connectivity index (χ2n) is 9.32. The molecule has 0 unspecified atom stereocenters. The second kappa shape index (κ2) is 12.0. The molecule has 1 saturated heterocycles. The van der Waals surface area contributed by atoms with Crippen molar-refractivity contribution in [2.45, 2.75) is 44.6 Å². The molecular formula is C27H34N4O4. The Bertz CT molecular complexity index is 1110. The minimum absolute atomic E-state index is 0.0561. The van der Waals surface area contributed by atoms with Crippen molar-refractivity contribution in [1.82, 2.24) is 19.9 Å². The van der Waals surface area contributed by atoms with E-state index in [1.807, 2.05) is 24.3 Å². The first kappa shape index (κ1) is 25.0. The van der Waals surface area contributed by atoms with Gasteiger partial charge in [-0.1, -0.05) is 0 Å². The summed E-state index contributed by atoms with van der Waals surface area (Å²) < 4.78 is 5.33. The van der Waals surface area contributed by atoms with E-state index in [4.69, 9.17) is 4.74 Å². The van der Waals surface area contributed by atoms with E-state index < -0.39 is 18.0 Å². The molecule has 3 atom stereocenters. The SMILES string of the molecule is COc1ccc2nccc([C@@H](O)CC[C@@H]3CCN(CCCCc4cnccn4)C[C@@H]3C(=O)O)c2c1. The molecule has 1 aromatic carbocycles. The van der Waals surface area contributed by atoms with Crippen LogP contribution in [-0.2, 0) is 11.2 Å². The molecule has 0 saturated carbocycles. The molecule has 0 spiro atoms. The quantitative estimate of drug-likeness (QED) is 0.400. The molecule has 1 aliphatic rings. The van der Waals surface area contributed by atoms with Crippen LogP contribution in [0.1, 0.15) is 49.5 Å². The van der Waals surface area contributed by atoms with Crippen LogP contribution in [0.2, 0.25) is 0 Å². The highest BCUT2D eigenvalue weighted by atomic mass is 16.5. The van der Waals surface area contributed by atoms with Crippen LogP contribution < -0.4 is 4.74 Å². The summed E-state index contributed by atoms with van der Waals surface area (Å²) in [5.74, 6) is -0.382. The second-order valence-corrected chi connectivity index (χ2v) is 9.32. The fraction of sp³-hybridized carbons (Fsp3) is 0.481. The summed E-state index contributed by atoms with van der Waals surface area (Å²) in [6, 6.07) is 7.47. The maximum atomic E-state index is 12.1. The number of likely N-dealkylation sites (tertiary alicyclic amines) is 1. The van der Waals surface area contributed by atoms with Crippen LogP contribution in [0.3, 0.4) is 0 Å². The molecule has 8 nitrogen and oxygen atoms in total. The summed E-state index contributed by atoms with van der Waals surface area (Å²) in [5, 5.41) is 21.8. The van der Waals surface area contributed by atoms with Crippen molar-refractivity contribution in [2.75, 3.05) is 26.7 Å². The van der Waals surface area contributed by atoms with Crippen LogP contribution in [0, 0.1) is 11.8 Å². The van der Waals surface area contributed by atoms with E-state index in [1.165, 1.54) is 0 Å². The van der Waals surface area contributed by atoms with Crippen LogP contribution in [-0.4, -0.2) is 62.8 Å². The molecule has 3 heterocycles. The van der Waals surface area contributed by atoms with E-state index in [0.717, 1.165) is 60.9 Å². The van der Waals surface area contributed by atoms with Gasteiger partial charge >= 0.3 is 5.97 Å². The summed E-state index contributed by atoms with van der Waals surface area (Å²) in [7, 11) is 1.62. The molecule has 4 rings (SSSR count). The molecule has 0 bridgehead atoms. The molecule has 186 valence electrons. The number of aliphatic hydroxyl groups excluding tert-OH is 1. The number of carboxylic acids is 1. The topological polar surface area (TPSA) is 109 Å². The lowest BCUT2D eigenvalue weighted by atomic mass is 9.81. The van der Waals surface area contributed by atoms with Crippen LogP contribution in [0.25, 0.3) is 10.9 Å². The largest absolute Gasteiger partial charge is 0.497 e. The van der Waals surface area contributed by atoms with Crippen molar-refractivity contribution in [2.24, 2.45) is 11.8 Å². The first-order valence-electron chi connectivity index (χ1n) is 12.4. The van der Waals surface area contributed by atoms with Crippen molar-refractivity contribution >= 4 is 16.9 Å². The van der Waals surface area contributed by atoms with E-state index in [0.29, 0.717) is 25.1 Å². The minimum Gasteiger partial charge on any atom is -0.497 e. The van der Waals surface area contributed by atoms with Gasteiger partial charge < -0.3 is 19.8 Å². The Balaban J connectivity index is 1.30. The lowest BCUT2D eigenvalue weighted by molar-refractivity contribution is -0.146. The zero-order valence-corrected chi connectivity index (χ0v) is 20.2. The summed E-state index contributed by atoms with van der Waals surface area (Å²) >= 11 is 0. The average Bonchev–Trinajstić information content (AvgIpc) is 2.89. The van der Waals surface area contributed by atoms with Crippen molar-refractivity contribution in [1.29, 1.82) is 0 Å². The predicted octanol–water partition coefficient (Wildman–Crippen LogP) is 3.89. The third-order valence-electron chi connectivity index (χ3n) is 7.08. The number of fused-ring (bicyclic) bond motifs is 1. The van der Waals surface area contributed by atoms with Gasteiger partial charge in [-0.05, 0) is 87.4 Å². The maximum Gasteiger partial charge on any atom is 0.308 e. The Morgan fingerprint density at radius 1 is 1.20 bits per heavy atom. The number of hydrogen-bond acceptors (Lipinski definition) is 7. The first-order valence-corrected chi connectivity index (χ1v) is 12.4. The highest BCUT2D eigenvalue weighted by Gasteiger charge is 2.34. The lowest BCUT2D eigenvalue weighted by Crippen LogP contribution is -2.44. The van der Waals surface area contributed by atoms with Gasteiger partial charge in [-0.3, -0.25) is 19.7 Å². The number of nitrogens with zero attached hydrogens (tertiary/aromatic N) is 4. The van der Waals surface area contributed by atoms with E-state index in [9.17, 15) is 15.0 Å². The van der Waals surface area contributed by atoms with Crippen LogP contribution in [0.5, 0.6) is 5.75 Å². The van der Waals surface area contributed by atoms with Gasteiger partial charge in [0.25, 0.3) is 0 Å². The number of pyridine rings is 1.